The van der Waals surface area contributed by atoms with Gasteiger partial charge in [0.1, 0.15) is 11.6 Å². The molecule has 0 saturated carbocycles. The Hall–Kier alpha value is -1.50. The molecule has 0 aliphatic heterocycles. The summed E-state index contributed by atoms with van der Waals surface area (Å²) in [5, 5.41) is 18.1. The van der Waals surface area contributed by atoms with Gasteiger partial charge in [0.05, 0.1) is 30.3 Å². The number of aliphatic hydroxyl groups is 2. The summed E-state index contributed by atoms with van der Waals surface area (Å²) in [4.78, 5) is 9.17. The zero-order valence-corrected chi connectivity index (χ0v) is 10.1. The molecule has 0 spiro atoms. The van der Waals surface area contributed by atoms with E-state index in [-0.39, 0.29) is 12.4 Å². The number of aromatic nitrogens is 2. The average Bonchev–Trinajstić information content (AvgIpc) is 2.69. The summed E-state index contributed by atoms with van der Waals surface area (Å²) in [5.41, 5.74) is 1.36. The highest BCUT2D eigenvalue weighted by atomic mass is 19.1. The monoisotopic (exact) mass is 253 g/mol. The molecule has 1 aromatic heterocycles. The van der Waals surface area contributed by atoms with Crippen molar-refractivity contribution in [3.05, 3.63) is 29.8 Å². The molecule has 5 nitrogen and oxygen atoms in total. The van der Waals surface area contributed by atoms with Crippen molar-refractivity contribution in [2.24, 2.45) is 0 Å². The normalized spacial score (nSPS) is 13.4. The maximum Gasteiger partial charge on any atom is 0.125 e. The number of hydrogen-bond acceptors (Lipinski definition) is 4. The number of nitrogens with one attached hydrogen (secondary N) is 1. The van der Waals surface area contributed by atoms with Gasteiger partial charge < -0.3 is 15.2 Å². The molecule has 0 unspecified atom stereocenters. The molecule has 0 aliphatic rings. The number of aliphatic hydroxyl groups excluding tert-OH is 2. The molecule has 2 aromatic rings. The number of imidazole rings is 1. The summed E-state index contributed by atoms with van der Waals surface area (Å²) < 4.78 is 13.0. The Labute approximate surface area is 104 Å². The molecule has 98 valence electrons. The van der Waals surface area contributed by atoms with Gasteiger partial charge in [-0.2, -0.15) is 0 Å². The van der Waals surface area contributed by atoms with Crippen LogP contribution >= 0.6 is 0 Å². The number of nitrogens with zero attached hydrogens (tertiary/aromatic N) is 2. The van der Waals surface area contributed by atoms with Crippen LogP contribution in [-0.4, -0.2) is 51.4 Å². The third-order valence-electron chi connectivity index (χ3n) is 2.65. The molecule has 0 saturated heterocycles. The van der Waals surface area contributed by atoms with Gasteiger partial charge in [0, 0.05) is 6.54 Å². The van der Waals surface area contributed by atoms with Crippen molar-refractivity contribution in [2.45, 2.75) is 12.6 Å². The Kier molecular flexibility index (Phi) is 3.90. The van der Waals surface area contributed by atoms with Crippen molar-refractivity contribution >= 4 is 11.0 Å². The topological polar surface area (TPSA) is 72.4 Å². The Balaban J connectivity index is 2.07. The largest absolute Gasteiger partial charge is 0.394 e. The summed E-state index contributed by atoms with van der Waals surface area (Å²) in [6, 6.07) is 4.38. The number of H-pyrrole nitrogens is 1. The van der Waals surface area contributed by atoms with Crippen molar-refractivity contribution in [1.29, 1.82) is 0 Å². The number of aromatic amines is 1. The van der Waals surface area contributed by atoms with Gasteiger partial charge in [0.2, 0.25) is 0 Å². The second-order valence-corrected chi connectivity index (χ2v) is 4.38. The summed E-state index contributed by atoms with van der Waals surface area (Å²) in [7, 11) is 1.81. The number of likely N-dealkylation sites (N-methyl/N-ethyl adjacent to an activating group) is 1. The number of fused-ring (bicyclic) bond motifs is 1. The van der Waals surface area contributed by atoms with E-state index in [0.29, 0.717) is 29.9 Å². The van der Waals surface area contributed by atoms with E-state index in [0.717, 1.165) is 0 Å². The smallest absolute Gasteiger partial charge is 0.125 e. The number of benzene rings is 1. The van der Waals surface area contributed by atoms with E-state index in [2.05, 4.69) is 9.97 Å². The first-order chi connectivity index (χ1) is 8.58. The highest BCUT2D eigenvalue weighted by Crippen LogP contribution is 2.13. The van der Waals surface area contributed by atoms with Crippen LogP contribution in [0.15, 0.2) is 18.2 Å². The molecule has 18 heavy (non-hydrogen) atoms. The summed E-state index contributed by atoms with van der Waals surface area (Å²) in [6.07, 6.45) is -0.767. The van der Waals surface area contributed by atoms with Crippen LogP contribution in [0.4, 0.5) is 4.39 Å². The second kappa shape index (κ2) is 5.43. The van der Waals surface area contributed by atoms with Gasteiger partial charge in [-0.25, -0.2) is 9.37 Å². The molecule has 1 aromatic carbocycles. The Bertz CT molecular complexity index is 529. The first kappa shape index (κ1) is 12.9. The predicted molar refractivity (Wildman–Crippen MR) is 65.5 cm³/mol. The lowest BCUT2D eigenvalue weighted by atomic mass is 10.3. The van der Waals surface area contributed by atoms with Crippen LogP contribution in [0, 0.1) is 5.82 Å². The molecule has 0 radical (unpaired) electrons. The Morgan fingerprint density at radius 2 is 2.28 bits per heavy atom. The van der Waals surface area contributed by atoms with Crippen LogP contribution in [0.2, 0.25) is 0 Å². The van der Waals surface area contributed by atoms with Crippen molar-refractivity contribution in [1.82, 2.24) is 14.9 Å². The van der Waals surface area contributed by atoms with E-state index in [9.17, 15) is 9.50 Å². The van der Waals surface area contributed by atoms with Crippen LogP contribution in [0.25, 0.3) is 11.0 Å². The fourth-order valence-corrected chi connectivity index (χ4v) is 1.85. The van der Waals surface area contributed by atoms with Gasteiger partial charge in [-0.05, 0) is 25.2 Å². The van der Waals surface area contributed by atoms with Crippen LogP contribution in [0.1, 0.15) is 5.82 Å². The van der Waals surface area contributed by atoms with Crippen LogP contribution in [0.3, 0.4) is 0 Å². The zero-order valence-electron chi connectivity index (χ0n) is 10.1. The SMILES string of the molecule is CN(Cc1nc2ccc(F)cc2[nH]1)C[C@H](O)CO. The van der Waals surface area contributed by atoms with Gasteiger partial charge in [0.15, 0.2) is 0 Å². The first-order valence-corrected chi connectivity index (χ1v) is 5.70. The molecule has 0 bridgehead atoms. The molecule has 1 atom stereocenters. The van der Waals surface area contributed by atoms with Crippen LogP contribution < -0.4 is 0 Å². The van der Waals surface area contributed by atoms with Gasteiger partial charge in [0.25, 0.3) is 0 Å². The van der Waals surface area contributed by atoms with Crippen molar-refractivity contribution in [3.8, 4) is 0 Å². The third-order valence-corrected chi connectivity index (χ3v) is 2.65. The molecule has 2 rings (SSSR count). The average molecular weight is 253 g/mol. The summed E-state index contributed by atoms with van der Waals surface area (Å²) in [6.45, 7) is 0.574. The lowest BCUT2D eigenvalue weighted by molar-refractivity contribution is 0.0642. The lowest BCUT2D eigenvalue weighted by Gasteiger charge is -2.17. The molecule has 0 aliphatic carbocycles. The van der Waals surface area contributed by atoms with E-state index in [1.807, 2.05) is 11.9 Å². The minimum Gasteiger partial charge on any atom is -0.394 e. The third kappa shape index (κ3) is 3.04. The molecular weight excluding hydrogens is 237 g/mol. The van der Waals surface area contributed by atoms with Gasteiger partial charge in [-0.15, -0.1) is 0 Å². The fourth-order valence-electron chi connectivity index (χ4n) is 1.85. The maximum atomic E-state index is 13.0. The molecule has 3 N–H and O–H groups in total. The van der Waals surface area contributed by atoms with Crippen molar-refractivity contribution < 1.29 is 14.6 Å². The Morgan fingerprint density at radius 1 is 1.50 bits per heavy atom. The van der Waals surface area contributed by atoms with Gasteiger partial charge in [-0.3, -0.25) is 4.90 Å². The lowest BCUT2D eigenvalue weighted by Crippen LogP contribution is -2.31. The van der Waals surface area contributed by atoms with E-state index >= 15 is 0 Å². The quantitative estimate of drug-likeness (QED) is 0.725. The van der Waals surface area contributed by atoms with E-state index < -0.39 is 6.10 Å². The number of rotatable bonds is 5. The maximum absolute atomic E-state index is 13.0. The summed E-state index contributed by atoms with van der Waals surface area (Å²) >= 11 is 0. The second-order valence-electron chi connectivity index (χ2n) is 4.38. The zero-order chi connectivity index (χ0) is 13.1. The molecule has 0 amide bonds. The minimum absolute atomic E-state index is 0.268. The first-order valence-electron chi connectivity index (χ1n) is 5.70. The molecule has 1 heterocycles. The van der Waals surface area contributed by atoms with E-state index in [4.69, 9.17) is 5.11 Å². The fraction of sp³-hybridized carbons (Fsp3) is 0.417. The molecule has 0 fully saturated rings. The predicted octanol–water partition coefficient (Wildman–Crippen LogP) is 0.487. The summed E-state index contributed by atoms with van der Waals surface area (Å²) in [5.74, 6) is 0.394. The Morgan fingerprint density at radius 3 is 3.00 bits per heavy atom. The van der Waals surface area contributed by atoms with Crippen molar-refractivity contribution in [2.75, 3.05) is 20.2 Å². The van der Waals surface area contributed by atoms with Gasteiger partial charge in [-0.1, -0.05) is 0 Å². The van der Waals surface area contributed by atoms with E-state index in [1.54, 1.807) is 6.07 Å². The molecular formula is C12H16FN3O2. The highest BCUT2D eigenvalue weighted by molar-refractivity contribution is 5.74. The van der Waals surface area contributed by atoms with Gasteiger partial charge >= 0.3 is 0 Å². The highest BCUT2D eigenvalue weighted by Gasteiger charge is 2.10. The number of halogens is 1. The van der Waals surface area contributed by atoms with Crippen LogP contribution in [0.5, 0.6) is 0 Å². The van der Waals surface area contributed by atoms with E-state index in [1.165, 1.54) is 12.1 Å². The minimum atomic E-state index is -0.767. The van der Waals surface area contributed by atoms with Crippen LogP contribution in [-0.2, 0) is 6.54 Å². The number of hydrogen-bond donors (Lipinski definition) is 3. The van der Waals surface area contributed by atoms with Crippen molar-refractivity contribution in [3.63, 3.8) is 0 Å². The molecule has 6 heteroatoms. The standard InChI is InChI=1S/C12H16FN3O2/c1-16(5-9(18)7-17)6-12-14-10-3-2-8(13)4-11(10)15-12/h2-4,9,17-18H,5-7H2,1H3,(H,14,15)/t9-/m0/s1.